The first-order valence-corrected chi connectivity index (χ1v) is 43.6. The number of hydrogen-bond donors (Lipinski definition) is 7. The fourth-order valence-electron chi connectivity index (χ4n) is 16.6. The number of nitrogens with zero attached hydrogens (tertiary/aromatic N) is 23. The second kappa shape index (κ2) is 37.4. The smallest absolute Gasteiger partial charge is 0.278 e. The zero-order valence-corrected chi connectivity index (χ0v) is 74.1. The number of rotatable bonds is 29. The summed E-state index contributed by atoms with van der Waals surface area (Å²) in [6, 6.07) is 37.6. The van der Waals surface area contributed by atoms with Crippen LogP contribution in [0, 0.1) is 23.7 Å². The molecule has 4 atom stereocenters. The molecular formula is C95H105N29O6. The maximum Gasteiger partial charge on any atom is 0.278 e. The van der Waals surface area contributed by atoms with Crippen LogP contribution in [0.1, 0.15) is 151 Å². The summed E-state index contributed by atoms with van der Waals surface area (Å²) in [5, 5.41) is 46.0. The second-order valence-corrected chi connectivity index (χ2v) is 35.3. The van der Waals surface area contributed by atoms with Crippen molar-refractivity contribution in [2.45, 2.75) is 146 Å². The van der Waals surface area contributed by atoms with Crippen molar-refractivity contribution >= 4 is 29.5 Å². The molecule has 0 saturated heterocycles. The molecule has 4 fully saturated rings. The van der Waals surface area contributed by atoms with Gasteiger partial charge in [-0.25, -0.2) is 44.9 Å². The Bertz CT molecular complexity index is 6380. The van der Waals surface area contributed by atoms with E-state index in [2.05, 4.69) is 221 Å². The molecule has 0 amide bonds. The van der Waals surface area contributed by atoms with E-state index >= 15 is 0 Å². The van der Waals surface area contributed by atoms with Gasteiger partial charge in [0.2, 0.25) is 17.8 Å². The normalized spacial score (nSPS) is 15.8. The maximum atomic E-state index is 9.88. The van der Waals surface area contributed by atoms with E-state index in [1.165, 1.54) is 29.5 Å². The number of aromatic nitrogens is 23. The number of methoxy groups -OCH3 is 1. The first-order valence-electron chi connectivity index (χ1n) is 43.6. The quantitative estimate of drug-likeness (QED) is 0.0229. The number of pyridine rings is 1. The van der Waals surface area contributed by atoms with Crippen molar-refractivity contribution in [2.75, 3.05) is 69.2 Å². The summed E-state index contributed by atoms with van der Waals surface area (Å²) in [6.45, 7) is 15.6. The Morgan fingerprint density at radius 2 is 0.777 bits per heavy atom. The topological polar surface area (TPSA) is 485 Å². The first-order chi connectivity index (χ1) is 62.9. The van der Waals surface area contributed by atoms with Gasteiger partial charge < -0.3 is 61.1 Å². The van der Waals surface area contributed by atoms with Crippen molar-refractivity contribution in [3.8, 4) is 90.5 Å². The number of nitrogen functional groups attached to an aromatic ring is 4. The molecule has 0 aliphatic heterocycles. The lowest BCUT2D eigenvalue weighted by atomic mass is 9.62. The third kappa shape index (κ3) is 19.2. The summed E-state index contributed by atoms with van der Waals surface area (Å²) >= 11 is 0. The van der Waals surface area contributed by atoms with Crippen LogP contribution in [0.15, 0.2) is 220 Å². The van der Waals surface area contributed by atoms with Gasteiger partial charge in [0.15, 0.2) is 23.3 Å². The number of anilines is 5. The highest BCUT2D eigenvalue weighted by Crippen LogP contribution is 2.54. The number of H-pyrrole nitrogens is 1. The predicted octanol–water partition coefficient (Wildman–Crippen LogP) is 14.6. The minimum Gasteiger partial charge on any atom is -0.389 e. The Labute approximate surface area is 750 Å². The van der Waals surface area contributed by atoms with Crippen molar-refractivity contribution in [3.05, 3.63) is 248 Å². The average molecular weight is 1750 g/mol. The summed E-state index contributed by atoms with van der Waals surface area (Å²) in [4.78, 5) is 58.7. The third-order valence-corrected chi connectivity index (χ3v) is 25.6. The Balaban J connectivity index is 0.000000122. The molecule has 35 nitrogen and oxygen atoms in total. The molecule has 4 saturated carbocycles. The van der Waals surface area contributed by atoms with Gasteiger partial charge in [-0.05, 0) is 187 Å². The van der Waals surface area contributed by atoms with Crippen LogP contribution in [0.4, 0.5) is 29.5 Å². The summed E-state index contributed by atoms with van der Waals surface area (Å²) in [5.41, 5.74) is 35.9. The van der Waals surface area contributed by atoms with Crippen LogP contribution in [0.25, 0.3) is 90.5 Å². The molecule has 20 rings (SSSR count). The molecule has 16 aromatic rings. The Hall–Kier alpha value is -14.6. The van der Waals surface area contributed by atoms with Gasteiger partial charge in [-0.3, -0.25) is 14.5 Å². The second-order valence-electron chi connectivity index (χ2n) is 35.3. The van der Waals surface area contributed by atoms with E-state index in [0.717, 1.165) is 131 Å². The lowest BCUT2D eigenvalue weighted by Gasteiger charge is -2.41. The predicted molar refractivity (Wildman–Crippen MR) is 489 cm³/mol. The average Bonchev–Trinajstić information content (AvgIpc) is 1.57. The molecule has 4 aliphatic rings. The summed E-state index contributed by atoms with van der Waals surface area (Å²) in [6.07, 6.45) is 37.7. The largest absolute Gasteiger partial charge is 0.389 e. The zero-order chi connectivity index (χ0) is 90.3. The molecule has 12 aromatic heterocycles. The third-order valence-electron chi connectivity index (χ3n) is 25.6. The van der Waals surface area contributed by atoms with Gasteiger partial charge >= 0.3 is 0 Å². The standard InChI is InChI=1S/C26H30N8O2.C24H28N8O.C24H26N6O2.C21H21N7O/c1-25(2,35)15-32-21-14-28-20(13-29-21)22-33-23(34-36-22)26(3,18-5-4-6-18)19-9-7-16(8-10-19)17-11-30-24(27)31-12-17;1-24(20-8-9-20,19-6-4-16(5-7-19)17-12-26-23(25)27-13-17)22-29-21(33-30-22)18-14-28-32(15-18)11-10-31(2)3;1-24(20-8-9-20,19-6-3-16(4-7-19)17-5-10-21(25)26-13-17)23-28-22(32-29-23)18-14-27-30(15-18)11-12-31-2;1-21(16-3-2-4-16,19-27-18(29-28-19)15-11-25-26-12-15)17-7-5-13(6-8-17)14-9-23-20(22)24-10-14/h7-14,18,35H,4-6,15H2,1-3H3,(H,29,32)(H2,27,30,31);4-7,12-15,20H,8-11H2,1-3H3,(H2,25,26,27);3-7,10,13-15,20H,8-9,11-12H2,1-2H3,(H2,25,26);5-12,16H,2-4H2,1H3,(H,25,26)(H2,22,23,24)/t;2*24-;/m.00./s1. The van der Waals surface area contributed by atoms with E-state index in [0.29, 0.717) is 108 Å². The SMILES string of the molecule is CC(C)(O)CNc1cnc(-c2nc(C(C)(c3ccc(-c4cnc(N)nc4)cc3)C3CCC3)no2)cn1.CC(c1ccc(-c2cnc(N)nc2)cc1)(c1noc(-c2cn[nH]c2)n1)C1CCC1.CN(C)CCn1cc(-c2nc([C@@](C)(c3ccc(-c4cnc(N)nc4)cc3)C3CC3)no2)cn1.COCCn1cc(-c2nc([C@@](C)(c3ccc(-c4ccc(N)nc4)cc3)C3CC3)no2)cn1. The molecule has 12 heterocycles. The summed E-state index contributed by atoms with van der Waals surface area (Å²) in [5.74, 6) is 8.30. The number of aromatic amines is 1. The fraction of sp³-hybridized carbons (Fsp3) is 0.347. The zero-order valence-electron chi connectivity index (χ0n) is 74.1. The molecule has 130 heavy (non-hydrogen) atoms. The number of likely N-dealkylation sites (N-methyl/N-ethyl adjacent to an activating group) is 1. The number of benzene rings is 4. The van der Waals surface area contributed by atoms with Gasteiger partial charge in [0.1, 0.15) is 17.3 Å². The van der Waals surface area contributed by atoms with Gasteiger partial charge in [0, 0.05) is 104 Å². The molecule has 666 valence electrons. The van der Waals surface area contributed by atoms with Gasteiger partial charge in [0.25, 0.3) is 23.6 Å². The molecule has 0 bridgehead atoms. The molecule has 4 aliphatic carbocycles. The summed E-state index contributed by atoms with van der Waals surface area (Å²) in [7, 11) is 5.76. The van der Waals surface area contributed by atoms with Crippen LogP contribution in [0.5, 0.6) is 0 Å². The van der Waals surface area contributed by atoms with Crippen LogP contribution < -0.4 is 28.3 Å². The number of ether oxygens (including phenoxy) is 1. The minimum absolute atomic E-state index is 0.255. The number of nitrogens with two attached hydrogens (primary N) is 4. The van der Waals surface area contributed by atoms with Crippen LogP contribution in [-0.4, -0.2) is 172 Å². The van der Waals surface area contributed by atoms with Crippen molar-refractivity contribution in [1.82, 2.24) is 120 Å². The van der Waals surface area contributed by atoms with Crippen LogP contribution in [-0.2, 0) is 39.5 Å². The van der Waals surface area contributed by atoms with E-state index in [4.69, 9.17) is 65.7 Å². The molecular weight excluding hydrogens is 1640 g/mol. The van der Waals surface area contributed by atoms with Crippen molar-refractivity contribution < 1.29 is 27.9 Å². The minimum atomic E-state index is -0.852. The number of aliphatic hydroxyl groups is 1. The highest BCUT2D eigenvalue weighted by Gasteiger charge is 2.50. The summed E-state index contributed by atoms with van der Waals surface area (Å²) < 4.78 is 31.4. The van der Waals surface area contributed by atoms with E-state index in [9.17, 15) is 5.11 Å². The first kappa shape index (κ1) is 87.5. The molecule has 0 spiro atoms. The maximum absolute atomic E-state index is 9.88. The van der Waals surface area contributed by atoms with Gasteiger partial charge in [0.05, 0.1) is 94.6 Å². The van der Waals surface area contributed by atoms with Crippen LogP contribution >= 0.6 is 0 Å². The Morgan fingerprint density at radius 3 is 1.12 bits per heavy atom. The highest BCUT2D eigenvalue weighted by atomic mass is 16.5. The Kier molecular flexibility index (Phi) is 25.2. The van der Waals surface area contributed by atoms with Crippen molar-refractivity contribution in [1.29, 1.82) is 0 Å². The monoisotopic (exact) mass is 1750 g/mol. The van der Waals surface area contributed by atoms with Crippen LogP contribution in [0.3, 0.4) is 0 Å². The number of nitrogens with one attached hydrogen (secondary N) is 2. The molecule has 35 heteroatoms. The molecule has 4 aromatic carbocycles. The molecule has 11 N–H and O–H groups in total. The van der Waals surface area contributed by atoms with Gasteiger partial charge in [-0.15, -0.1) is 0 Å². The number of hydrogen-bond acceptors (Lipinski definition) is 32. The highest BCUT2D eigenvalue weighted by molar-refractivity contribution is 5.67. The van der Waals surface area contributed by atoms with E-state index in [-0.39, 0.29) is 34.1 Å². The van der Waals surface area contributed by atoms with E-state index in [1.807, 2.05) is 48.0 Å². The molecule has 2 unspecified atom stereocenters. The molecule has 0 radical (unpaired) electrons. The van der Waals surface area contributed by atoms with Gasteiger partial charge in [-0.1, -0.05) is 131 Å². The fourth-order valence-corrected chi connectivity index (χ4v) is 16.6. The lowest BCUT2D eigenvalue weighted by Crippen LogP contribution is -2.38. The van der Waals surface area contributed by atoms with E-state index in [1.54, 1.807) is 102 Å². The van der Waals surface area contributed by atoms with Crippen molar-refractivity contribution in [3.63, 3.8) is 0 Å². The van der Waals surface area contributed by atoms with Crippen molar-refractivity contribution in [2.24, 2.45) is 23.7 Å². The van der Waals surface area contributed by atoms with Crippen LogP contribution in [0.2, 0.25) is 0 Å². The lowest BCUT2D eigenvalue weighted by molar-refractivity contribution is 0.0944. The van der Waals surface area contributed by atoms with Gasteiger partial charge in [-0.2, -0.15) is 35.2 Å². The van der Waals surface area contributed by atoms with E-state index < -0.39 is 11.0 Å². The Morgan fingerprint density at radius 1 is 0.408 bits per heavy atom.